The van der Waals surface area contributed by atoms with E-state index in [1.165, 1.54) is 65.3 Å². The van der Waals surface area contributed by atoms with Crippen LogP contribution in [0.15, 0.2) is 146 Å². The molecule has 0 radical (unpaired) electrons. The molecule has 0 atom stereocenters. The first-order valence-electron chi connectivity index (χ1n) is 16.4. The Morgan fingerprint density at radius 2 is 0.520 bits per heavy atom. The number of aryl methyl sites for hydroxylation is 4. The predicted octanol–water partition coefficient (Wildman–Crippen LogP) is 7.05. The topological polar surface area (TPSA) is 0 Å². The molecule has 0 saturated heterocycles. The molecule has 0 aliphatic heterocycles. The van der Waals surface area contributed by atoms with E-state index in [0.717, 1.165) is 0 Å². The third kappa shape index (κ3) is 16.9. The van der Waals surface area contributed by atoms with Crippen molar-refractivity contribution in [2.45, 2.75) is 53.9 Å². The molecule has 0 bridgehead atoms. The summed E-state index contributed by atoms with van der Waals surface area (Å²) in [6.07, 6.45) is 0.241. The molecule has 0 spiro atoms. The maximum Gasteiger partial charge on any atom is -0.0579 e. The number of halogens is 2. The summed E-state index contributed by atoms with van der Waals surface area (Å²) in [5.74, 6) is 0. The maximum atomic E-state index is 2.27. The van der Waals surface area contributed by atoms with Crippen LogP contribution >= 0.6 is 0 Å². The molecule has 0 unspecified atom stereocenters. The summed E-state index contributed by atoms with van der Waals surface area (Å²) in [5.41, 5.74) is 5.39. The van der Waals surface area contributed by atoms with Gasteiger partial charge in [-0.25, -0.2) is 0 Å². The molecule has 0 fully saturated rings. The summed E-state index contributed by atoms with van der Waals surface area (Å²) in [6, 6.07) is 51.3. The summed E-state index contributed by atoms with van der Waals surface area (Å²) in [4.78, 5) is 0. The van der Waals surface area contributed by atoms with Crippen molar-refractivity contribution in [2.75, 3.05) is 0 Å². The predicted molar refractivity (Wildman–Crippen MR) is 212 cm³/mol. The van der Waals surface area contributed by atoms with Crippen LogP contribution < -0.4 is 24.8 Å². The van der Waals surface area contributed by atoms with Crippen molar-refractivity contribution in [2.24, 2.45) is 0 Å². The van der Waals surface area contributed by atoms with Gasteiger partial charge in [-0.3, -0.25) is 0 Å². The minimum Gasteiger partial charge on any atom is -1.00 e. The van der Waals surface area contributed by atoms with Gasteiger partial charge in [0.25, 0.3) is 0 Å². The molecule has 0 aromatic heterocycles. The first-order valence-corrected chi connectivity index (χ1v) is 26.1. The number of hydrogen-bond acceptors (Lipinski definition) is 0. The zero-order valence-electron chi connectivity index (χ0n) is 30.6. The van der Waals surface area contributed by atoms with Gasteiger partial charge < -0.3 is 24.8 Å². The van der Waals surface area contributed by atoms with Gasteiger partial charge in [0.2, 0.25) is 0 Å². The van der Waals surface area contributed by atoms with Gasteiger partial charge >= 0.3 is 76.9 Å². The van der Waals surface area contributed by atoms with E-state index in [1.807, 2.05) is 0 Å². The summed E-state index contributed by atoms with van der Waals surface area (Å²) in [5, 5.41) is 10.8. The van der Waals surface area contributed by atoms with Crippen LogP contribution in [-0.2, 0) is 38.3 Å². The van der Waals surface area contributed by atoms with Crippen LogP contribution in [0.25, 0.3) is 43.1 Å². The first kappa shape index (κ1) is 45.8. The molecule has 0 aliphatic carbocycles. The molecule has 256 valence electrons. The van der Waals surface area contributed by atoms with Crippen molar-refractivity contribution in [1.29, 1.82) is 0 Å². The molecule has 0 nitrogen and oxygen atoms in total. The van der Waals surface area contributed by atoms with E-state index < -0.39 is 0 Å². The summed E-state index contributed by atoms with van der Waals surface area (Å²) >= 11 is 4.54. The Morgan fingerprint density at radius 3 is 0.680 bits per heavy atom. The fourth-order valence-corrected chi connectivity index (χ4v) is 5.22. The average Bonchev–Trinajstić information content (AvgIpc) is 3.79. The monoisotopic (exact) mass is 798 g/mol. The summed E-state index contributed by atoms with van der Waals surface area (Å²) in [7, 11) is 0. The van der Waals surface area contributed by atoms with Crippen LogP contribution in [0.5, 0.6) is 0 Å². The van der Waals surface area contributed by atoms with Gasteiger partial charge in [-0.1, -0.05) is 52.0 Å². The molecule has 0 saturated carbocycles. The third-order valence-corrected chi connectivity index (χ3v) is 7.05. The Hall–Kier alpha value is -2.24. The van der Waals surface area contributed by atoms with Crippen LogP contribution in [0.1, 0.15) is 22.3 Å². The van der Waals surface area contributed by atoms with Crippen molar-refractivity contribution < 1.29 is 63.2 Å². The van der Waals surface area contributed by atoms with Crippen LogP contribution in [0, 0.1) is 27.7 Å². The van der Waals surface area contributed by atoms with Crippen molar-refractivity contribution >= 4 is 55.5 Å². The fraction of sp³-hybridized carbons (Fsp3) is 0.182. The average molecular weight is 800 g/mol. The maximum absolute atomic E-state index is 2.27. The minimum absolute atomic E-state index is 0. The number of benzene rings is 4. The summed E-state index contributed by atoms with van der Waals surface area (Å²) in [6.45, 7) is 17.6. The van der Waals surface area contributed by atoms with E-state index in [9.17, 15) is 0 Å². The van der Waals surface area contributed by atoms with Gasteiger partial charge in [0, 0.05) is 0 Å². The summed E-state index contributed by atoms with van der Waals surface area (Å²) < 4.78 is 0. The number of hydrogen-bond donors (Lipinski definition) is 0. The van der Waals surface area contributed by atoms with Gasteiger partial charge in [0.15, 0.2) is 0 Å². The van der Waals surface area contributed by atoms with E-state index in [-0.39, 0.29) is 37.2 Å². The minimum atomic E-state index is 0. The van der Waals surface area contributed by atoms with Crippen molar-refractivity contribution in [3.8, 4) is 0 Å². The molecule has 6 heteroatoms. The molecule has 8 rings (SSSR count). The van der Waals surface area contributed by atoms with Gasteiger partial charge in [-0.2, -0.15) is 24.3 Å². The Balaban J connectivity index is 0.000000308. The van der Waals surface area contributed by atoms with Crippen LogP contribution in [0.2, 0.25) is 26.2 Å². The Kier molecular flexibility index (Phi) is 22.1. The zero-order chi connectivity index (χ0) is 35.1. The second-order valence-electron chi connectivity index (χ2n) is 12.6. The van der Waals surface area contributed by atoms with Crippen LogP contribution in [-0.4, -0.2) is 12.4 Å². The second kappa shape index (κ2) is 24.1. The van der Waals surface area contributed by atoms with Gasteiger partial charge in [0.1, 0.15) is 0 Å². The first-order chi connectivity index (χ1) is 22.9. The normalized spacial score (nSPS) is 9.52. The van der Waals surface area contributed by atoms with Gasteiger partial charge in [-0.05, 0) is 0 Å². The fourth-order valence-electron chi connectivity index (χ4n) is 5.22. The largest absolute Gasteiger partial charge is 1.00 e. The number of rotatable bonds is 0. The van der Waals surface area contributed by atoms with Crippen LogP contribution in [0.3, 0.4) is 0 Å². The van der Waals surface area contributed by atoms with E-state index >= 15 is 0 Å². The van der Waals surface area contributed by atoms with Crippen LogP contribution in [0.4, 0.5) is 0 Å². The molecular formula is C44H48Cl2Si2Ti2-2. The zero-order valence-corrected chi connectivity index (χ0v) is 37.2. The van der Waals surface area contributed by atoms with Crippen molar-refractivity contribution in [3.05, 3.63) is 168 Å². The van der Waals surface area contributed by atoms with Crippen molar-refractivity contribution in [1.82, 2.24) is 0 Å². The molecule has 0 N–H and O–H groups in total. The standard InChI is InChI=1S/4C10H9.2C2H6Si.2ClH.2Ti/c4*1-8-6-9-4-2-3-5-10(9)7-8;2*1-3-2;;;;/h4*2-7H,1H3;2*1-2H3;2*1H;;/q4*-1;;;;;2*+2/p-2. The second-order valence-corrected chi connectivity index (χ2v) is 26.0. The molecule has 0 aliphatic rings. The van der Waals surface area contributed by atoms with Gasteiger partial charge in [-0.15, -0.1) is 162 Å². The molecule has 0 heterocycles. The van der Waals surface area contributed by atoms with E-state index in [0.29, 0.717) is 0 Å². The molecule has 8 aromatic rings. The van der Waals surface area contributed by atoms with Gasteiger partial charge in [0.05, 0.1) is 0 Å². The van der Waals surface area contributed by atoms with E-state index in [2.05, 4.69) is 238 Å². The Bertz CT molecular complexity index is 1740. The molecular weight excluding hydrogens is 751 g/mol. The Labute approximate surface area is 337 Å². The van der Waals surface area contributed by atoms with Crippen molar-refractivity contribution in [3.63, 3.8) is 0 Å². The Morgan fingerprint density at radius 1 is 0.360 bits per heavy atom. The molecule has 50 heavy (non-hydrogen) atoms. The number of fused-ring (bicyclic) bond motifs is 4. The third-order valence-electron chi connectivity index (χ3n) is 7.05. The smallest absolute Gasteiger partial charge is 0.0579 e. The van der Waals surface area contributed by atoms with E-state index in [4.69, 9.17) is 0 Å². The van der Waals surface area contributed by atoms with E-state index in [1.54, 1.807) is 0 Å². The quantitative estimate of drug-likeness (QED) is 0.114. The molecule has 0 amide bonds. The molecule has 8 aromatic carbocycles. The SMILES string of the molecule is C[Si](C)=[Ti+2].C[Si](C)=[Ti+2].Cc1cc2ccccc2[cH-]1.Cc1cc2ccccc2[cH-]1.Cc1cc2ccccc2[cH-]1.Cc1cc2ccccc2[cH-]1.[Cl-].[Cl-].